The van der Waals surface area contributed by atoms with Gasteiger partial charge in [-0.05, 0) is 25.7 Å². The van der Waals surface area contributed by atoms with Gasteiger partial charge in [-0.2, -0.15) is 0 Å². The van der Waals surface area contributed by atoms with Crippen LogP contribution in [0.4, 0.5) is 0 Å². The molecule has 5 rings (SSSR count). The molecule has 0 aromatic heterocycles. The van der Waals surface area contributed by atoms with Gasteiger partial charge in [-0.25, -0.2) is 9.78 Å². The fourth-order valence-electron chi connectivity index (χ4n) is 4.72. The number of ether oxygens (including phenoxy) is 2. The molecule has 1 aliphatic carbocycles. The number of carbonyl (C=O) groups excluding carboxylic acids is 1. The Labute approximate surface area is 123 Å². The Morgan fingerprint density at radius 3 is 2.76 bits per heavy atom. The van der Waals surface area contributed by atoms with Crippen molar-refractivity contribution in [2.24, 2.45) is 23.7 Å². The van der Waals surface area contributed by atoms with E-state index in [1.54, 1.807) is 6.92 Å². The second-order valence-electron chi connectivity index (χ2n) is 7.24. The van der Waals surface area contributed by atoms with Crippen LogP contribution in [0.5, 0.6) is 0 Å². The van der Waals surface area contributed by atoms with Gasteiger partial charge in [0, 0.05) is 18.3 Å². The van der Waals surface area contributed by atoms with Gasteiger partial charge in [-0.1, -0.05) is 13.8 Å². The van der Waals surface area contributed by atoms with Crippen molar-refractivity contribution in [2.45, 2.75) is 63.8 Å². The summed E-state index contributed by atoms with van der Waals surface area (Å²) < 4.78 is 11.5. The summed E-state index contributed by atoms with van der Waals surface area (Å²) >= 11 is 0. The third-order valence-electron chi connectivity index (χ3n) is 6.09. The Morgan fingerprint density at radius 2 is 2.00 bits per heavy atom. The average Bonchev–Trinajstić information content (AvgIpc) is 2.66. The van der Waals surface area contributed by atoms with Gasteiger partial charge in [0.2, 0.25) is 12.1 Å². The van der Waals surface area contributed by atoms with E-state index in [2.05, 4.69) is 0 Å². The van der Waals surface area contributed by atoms with Crippen LogP contribution < -0.4 is 0 Å². The van der Waals surface area contributed by atoms with Gasteiger partial charge in [0.1, 0.15) is 0 Å². The topological polar surface area (TPSA) is 74.2 Å². The molecule has 2 bridgehead atoms. The van der Waals surface area contributed by atoms with Crippen LogP contribution in [0.3, 0.4) is 0 Å². The molecule has 1 N–H and O–H groups in total. The van der Waals surface area contributed by atoms with E-state index in [0.29, 0.717) is 12.8 Å². The van der Waals surface area contributed by atoms with Gasteiger partial charge in [-0.3, -0.25) is 4.79 Å². The summed E-state index contributed by atoms with van der Waals surface area (Å²) in [5.41, 5.74) is -0.790. The zero-order valence-corrected chi connectivity index (χ0v) is 12.6. The number of rotatable bonds is 0. The molecular formula is C15H22O6. The number of carbonyl (C=O) groups is 1. The molecule has 0 radical (unpaired) electrons. The zero-order chi connectivity index (χ0) is 15.0. The van der Waals surface area contributed by atoms with E-state index >= 15 is 0 Å². The fourth-order valence-corrected chi connectivity index (χ4v) is 4.72. The van der Waals surface area contributed by atoms with Crippen LogP contribution >= 0.6 is 0 Å². The molecule has 6 nitrogen and oxygen atoms in total. The van der Waals surface area contributed by atoms with Gasteiger partial charge in [0.05, 0.1) is 12.0 Å². The molecule has 0 aromatic carbocycles. The normalized spacial score (nSPS) is 59.1. The monoisotopic (exact) mass is 298 g/mol. The van der Waals surface area contributed by atoms with Gasteiger partial charge in [-0.15, -0.1) is 0 Å². The Hall–Kier alpha value is -0.690. The van der Waals surface area contributed by atoms with E-state index in [-0.39, 0.29) is 29.6 Å². The molecule has 21 heavy (non-hydrogen) atoms. The quantitative estimate of drug-likeness (QED) is 0.538. The predicted octanol–water partition coefficient (Wildman–Crippen LogP) is 1.37. The third kappa shape index (κ3) is 1.64. The lowest BCUT2D eigenvalue weighted by atomic mass is 9.57. The maximum atomic E-state index is 12.1. The standard InChI is InChI=1S/C15H22O6/c1-7-9-4-5-14(3)19-13-15(9,21-20-14)10(6-11(7)16)8(2)12(17)18-13/h7-11,13,16H,4-6H2,1-3H3/t7-,8-,9-,10-,11-,13+,14+,15?/m0/s1. The highest BCUT2D eigenvalue weighted by Gasteiger charge is 2.71. The van der Waals surface area contributed by atoms with Crippen LogP contribution in [0.1, 0.15) is 40.0 Å². The van der Waals surface area contributed by atoms with E-state index in [9.17, 15) is 9.90 Å². The molecule has 1 saturated carbocycles. The Balaban J connectivity index is 1.85. The van der Waals surface area contributed by atoms with E-state index in [0.717, 1.165) is 6.42 Å². The highest BCUT2D eigenvalue weighted by atomic mass is 17.3. The molecule has 0 amide bonds. The maximum absolute atomic E-state index is 12.1. The number of aliphatic hydroxyl groups is 1. The molecule has 8 atom stereocenters. The molecule has 5 fully saturated rings. The summed E-state index contributed by atoms with van der Waals surface area (Å²) in [4.78, 5) is 23.6. The highest BCUT2D eigenvalue weighted by Crippen LogP contribution is 2.59. The minimum absolute atomic E-state index is 0.0520. The van der Waals surface area contributed by atoms with Crippen molar-refractivity contribution in [3.63, 3.8) is 0 Å². The van der Waals surface area contributed by atoms with Crippen LogP contribution in [0.15, 0.2) is 0 Å². The molecule has 4 saturated heterocycles. The van der Waals surface area contributed by atoms with Crippen molar-refractivity contribution in [3.05, 3.63) is 0 Å². The summed E-state index contributed by atoms with van der Waals surface area (Å²) in [5.74, 6) is -1.54. The lowest BCUT2D eigenvalue weighted by Gasteiger charge is -2.58. The van der Waals surface area contributed by atoms with Crippen LogP contribution in [-0.2, 0) is 24.0 Å². The molecule has 4 heterocycles. The lowest BCUT2D eigenvalue weighted by Crippen LogP contribution is -2.71. The van der Waals surface area contributed by atoms with Crippen LogP contribution in [0.2, 0.25) is 0 Å². The Morgan fingerprint density at radius 1 is 1.24 bits per heavy atom. The molecule has 6 heteroatoms. The summed E-state index contributed by atoms with van der Waals surface area (Å²) in [6, 6.07) is 0. The molecule has 4 aliphatic heterocycles. The van der Waals surface area contributed by atoms with Crippen LogP contribution in [0, 0.1) is 23.7 Å². The van der Waals surface area contributed by atoms with E-state index < -0.39 is 23.8 Å². The summed E-state index contributed by atoms with van der Waals surface area (Å²) in [5, 5.41) is 10.4. The third-order valence-corrected chi connectivity index (χ3v) is 6.09. The number of hydrogen-bond acceptors (Lipinski definition) is 6. The van der Waals surface area contributed by atoms with Gasteiger partial charge >= 0.3 is 5.97 Å². The Kier molecular flexibility index (Phi) is 2.78. The van der Waals surface area contributed by atoms with E-state index in [1.807, 2.05) is 13.8 Å². The average molecular weight is 298 g/mol. The van der Waals surface area contributed by atoms with E-state index in [4.69, 9.17) is 19.2 Å². The number of hydrogen-bond donors (Lipinski definition) is 1. The number of fused-ring (bicyclic) bond motifs is 2. The first-order valence-electron chi connectivity index (χ1n) is 7.80. The van der Waals surface area contributed by atoms with Crippen molar-refractivity contribution in [1.82, 2.24) is 0 Å². The minimum atomic E-state index is -0.886. The summed E-state index contributed by atoms with van der Waals surface area (Å²) in [7, 11) is 0. The number of esters is 1. The second kappa shape index (κ2) is 4.19. The van der Waals surface area contributed by atoms with Crippen molar-refractivity contribution in [3.8, 4) is 0 Å². The molecule has 1 unspecified atom stereocenters. The molecule has 1 spiro atoms. The molecule has 0 aromatic rings. The minimum Gasteiger partial charge on any atom is -0.432 e. The lowest BCUT2D eigenvalue weighted by molar-refractivity contribution is -0.560. The van der Waals surface area contributed by atoms with Crippen molar-refractivity contribution < 1.29 is 29.1 Å². The van der Waals surface area contributed by atoms with Crippen LogP contribution in [0.25, 0.3) is 0 Å². The van der Waals surface area contributed by atoms with Crippen molar-refractivity contribution >= 4 is 5.97 Å². The predicted molar refractivity (Wildman–Crippen MR) is 69.4 cm³/mol. The first-order chi connectivity index (χ1) is 9.87. The largest absolute Gasteiger partial charge is 0.432 e. The molecule has 118 valence electrons. The first kappa shape index (κ1) is 13.9. The summed E-state index contributed by atoms with van der Waals surface area (Å²) in [6.45, 7) is 5.67. The molecular weight excluding hydrogens is 276 g/mol. The zero-order valence-electron chi connectivity index (χ0n) is 12.6. The summed E-state index contributed by atoms with van der Waals surface area (Å²) in [6.07, 6.45) is 0.812. The van der Waals surface area contributed by atoms with Crippen molar-refractivity contribution in [2.75, 3.05) is 0 Å². The van der Waals surface area contributed by atoms with Crippen LogP contribution in [-0.4, -0.2) is 34.9 Å². The number of aliphatic hydroxyl groups excluding tert-OH is 1. The van der Waals surface area contributed by atoms with Crippen molar-refractivity contribution in [1.29, 1.82) is 0 Å². The highest BCUT2D eigenvalue weighted by molar-refractivity contribution is 5.74. The first-order valence-corrected chi connectivity index (χ1v) is 7.80. The maximum Gasteiger partial charge on any atom is 0.311 e. The fraction of sp³-hybridized carbons (Fsp3) is 0.933. The van der Waals surface area contributed by atoms with Gasteiger partial charge in [0.15, 0.2) is 5.60 Å². The van der Waals surface area contributed by atoms with Gasteiger partial charge in [0.25, 0.3) is 0 Å². The molecule has 5 aliphatic rings. The van der Waals surface area contributed by atoms with E-state index in [1.165, 1.54) is 0 Å². The second-order valence-corrected chi connectivity index (χ2v) is 7.24. The Bertz CT molecular complexity index is 477. The van der Waals surface area contributed by atoms with Gasteiger partial charge < -0.3 is 14.6 Å². The SMILES string of the molecule is C[C@@H]1[C@@H](O)C[C@H]2[C@H](C)C(=O)O[C@@H]3O[C@@]4(C)CC[C@@H]1C32OO4. The smallest absolute Gasteiger partial charge is 0.311 e.